The van der Waals surface area contributed by atoms with Crippen LogP contribution in [0.4, 0.5) is 5.82 Å². The second kappa shape index (κ2) is 10.1. The van der Waals surface area contributed by atoms with E-state index in [1.165, 1.54) is 43.5 Å². The first kappa shape index (κ1) is 21.6. The first-order chi connectivity index (χ1) is 15.1. The van der Waals surface area contributed by atoms with Gasteiger partial charge in [-0.1, -0.05) is 19.3 Å². The van der Waals surface area contributed by atoms with Crippen molar-refractivity contribution in [3.8, 4) is 0 Å². The van der Waals surface area contributed by atoms with E-state index < -0.39 is 0 Å². The fourth-order valence-electron chi connectivity index (χ4n) is 4.82. The van der Waals surface area contributed by atoms with Gasteiger partial charge >= 0.3 is 0 Å². The van der Waals surface area contributed by atoms with E-state index in [-0.39, 0.29) is 5.91 Å². The molecule has 1 amide bonds. The number of hydrogen-bond donors (Lipinski definition) is 1. The number of aryl methyl sites for hydroxylation is 1. The van der Waals surface area contributed by atoms with Crippen LogP contribution in [-0.4, -0.2) is 41.8 Å². The van der Waals surface area contributed by atoms with Crippen LogP contribution in [0.3, 0.4) is 0 Å². The Hall–Kier alpha value is -2.60. The number of nitrogens with one attached hydrogen (secondary N) is 1. The smallest absolute Gasteiger partial charge is 0.244 e. The Balaban J connectivity index is 1.35. The number of hydrogen-bond acceptors (Lipinski definition) is 4. The number of morpholine rings is 1. The molecule has 0 unspecified atom stereocenters. The summed E-state index contributed by atoms with van der Waals surface area (Å²) in [5, 5.41) is 3.00. The van der Waals surface area contributed by atoms with Crippen molar-refractivity contribution in [2.24, 2.45) is 0 Å². The summed E-state index contributed by atoms with van der Waals surface area (Å²) in [6.45, 7) is 8.00. The molecule has 1 aliphatic carbocycles. The number of aromatic nitrogens is 2. The largest absolute Gasteiger partial charge is 0.378 e. The van der Waals surface area contributed by atoms with Crippen molar-refractivity contribution < 1.29 is 9.53 Å². The molecule has 31 heavy (non-hydrogen) atoms. The number of rotatable bonds is 6. The highest BCUT2D eigenvalue weighted by molar-refractivity contribution is 5.91. The van der Waals surface area contributed by atoms with Crippen LogP contribution in [0.25, 0.3) is 6.08 Å². The lowest BCUT2D eigenvalue weighted by Crippen LogP contribution is -2.36. The molecule has 4 rings (SSSR count). The van der Waals surface area contributed by atoms with Crippen LogP contribution in [0.15, 0.2) is 30.5 Å². The third kappa shape index (κ3) is 5.37. The van der Waals surface area contributed by atoms with Gasteiger partial charge in [-0.05, 0) is 62.1 Å². The molecule has 1 N–H and O–H groups in total. The second-order valence-electron chi connectivity index (χ2n) is 8.66. The summed E-state index contributed by atoms with van der Waals surface area (Å²) in [6, 6.07) is 6.81. The van der Waals surface area contributed by atoms with Crippen LogP contribution in [0.1, 0.15) is 60.7 Å². The molecule has 0 radical (unpaired) electrons. The van der Waals surface area contributed by atoms with Crippen LogP contribution in [-0.2, 0) is 16.1 Å². The van der Waals surface area contributed by atoms with E-state index in [2.05, 4.69) is 39.7 Å². The lowest BCUT2D eigenvalue weighted by molar-refractivity contribution is -0.116. The number of nitrogens with zero attached hydrogens (tertiary/aromatic N) is 3. The first-order valence-electron chi connectivity index (χ1n) is 11.5. The molecule has 6 nitrogen and oxygen atoms in total. The maximum absolute atomic E-state index is 12.4. The molecule has 2 aliphatic rings. The summed E-state index contributed by atoms with van der Waals surface area (Å²) in [4.78, 5) is 19.1. The molecule has 0 aromatic carbocycles. The minimum absolute atomic E-state index is 0.0767. The molecule has 0 bridgehead atoms. The minimum atomic E-state index is -0.0767. The maximum atomic E-state index is 12.4. The molecule has 6 heteroatoms. The molecule has 1 aliphatic heterocycles. The Labute approximate surface area is 185 Å². The number of pyridine rings is 1. The van der Waals surface area contributed by atoms with E-state index in [0.717, 1.165) is 43.2 Å². The van der Waals surface area contributed by atoms with Gasteiger partial charge in [0.2, 0.25) is 5.91 Å². The highest BCUT2D eigenvalue weighted by Gasteiger charge is 2.19. The molecule has 2 aromatic heterocycles. The van der Waals surface area contributed by atoms with Gasteiger partial charge < -0.3 is 19.5 Å². The summed E-state index contributed by atoms with van der Waals surface area (Å²) in [7, 11) is 0. The van der Waals surface area contributed by atoms with E-state index in [1.807, 2.05) is 24.4 Å². The van der Waals surface area contributed by atoms with Crippen LogP contribution >= 0.6 is 0 Å². The molecular formula is C25H34N4O2. The topological polar surface area (TPSA) is 59.4 Å². The Morgan fingerprint density at radius 3 is 2.74 bits per heavy atom. The average Bonchev–Trinajstić information content (AvgIpc) is 3.10. The van der Waals surface area contributed by atoms with Crippen LogP contribution in [0.2, 0.25) is 0 Å². The van der Waals surface area contributed by atoms with E-state index in [9.17, 15) is 4.79 Å². The standard InChI is InChI=1S/C25H34N4O2/c1-19-16-22(20(2)29(19)23-6-4-3-5-7-23)8-9-25(30)27-18-21-10-11-26-24(17-21)28-12-14-31-15-13-28/h8-11,16-17,23H,3-7,12-15,18H2,1-2H3,(H,27,30)/b9-8+. The molecule has 0 spiro atoms. The van der Waals surface area contributed by atoms with Gasteiger partial charge in [0.1, 0.15) is 5.82 Å². The molecule has 3 heterocycles. The van der Waals surface area contributed by atoms with Crippen LogP contribution in [0, 0.1) is 13.8 Å². The van der Waals surface area contributed by atoms with Gasteiger partial charge in [0.25, 0.3) is 0 Å². The van der Waals surface area contributed by atoms with Crippen molar-refractivity contribution >= 4 is 17.8 Å². The van der Waals surface area contributed by atoms with Crippen molar-refractivity contribution in [1.29, 1.82) is 0 Å². The summed E-state index contributed by atoms with van der Waals surface area (Å²) < 4.78 is 7.88. The third-order valence-corrected chi connectivity index (χ3v) is 6.49. The van der Waals surface area contributed by atoms with Crippen molar-refractivity contribution in [1.82, 2.24) is 14.9 Å². The summed E-state index contributed by atoms with van der Waals surface area (Å²) >= 11 is 0. The Morgan fingerprint density at radius 2 is 1.97 bits per heavy atom. The maximum Gasteiger partial charge on any atom is 0.244 e. The number of carbonyl (C=O) groups is 1. The lowest BCUT2D eigenvalue weighted by Gasteiger charge is -2.28. The van der Waals surface area contributed by atoms with Gasteiger partial charge in [-0.3, -0.25) is 4.79 Å². The summed E-state index contributed by atoms with van der Waals surface area (Å²) in [5.74, 6) is 0.868. The second-order valence-corrected chi connectivity index (χ2v) is 8.66. The van der Waals surface area contributed by atoms with Gasteiger partial charge in [0, 0.05) is 49.3 Å². The zero-order chi connectivity index (χ0) is 21.6. The highest BCUT2D eigenvalue weighted by atomic mass is 16.5. The molecule has 1 saturated heterocycles. The summed E-state index contributed by atoms with van der Waals surface area (Å²) in [5.41, 5.74) is 4.74. The van der Waals surface area contributed by atoms with Crippen molar-refractivity contribution in [3.63, 3.8) is 0 Å². The zero-order valence-corrected chi connectivity index (χ0v) is 18.8. The number of anilines is 1. The number of ether oxygens (including phenoxy) is 1. The van der Waals surface area contributed by atoms with Crippen molar-refractivity contribution in [3.05, 3.63) is 53.0 Å². The van der Waals surface area contributed by atoms with Crippen molar-refractivity contribution in [2.75, 3.05) is 31.2 Å². The Morgan fingerprint density at radius 1 is 1.19 bits per heavy atom. The predicted molar refractivity (Wildman–Crippen MR) is 124 cm³/mol. The molecule has 1 saturated carbocycles. The normalized spacial score (nSPS) is 17.9. The fraction of sp³-hybridized carbons (Fsp3) is 0.520. The van der Waals surface area contributed by atoms with E-state index in [4.69, 9.17) is 4.74 Å². The van der Waals surface area contributed by atoms with Gasteiger partial charge in [0.05, 0.1) is 13.2 Å². The highest BCUT2D eigenvalue weighted by Crippen LogP contribution is 2.32. The number of carbonyl (C=O) groups excluding carboxylic acids is 1. The van der Waals surface area contributed by atoms with Crippen molar-refractivity contribution in [2.45, 2.75) is 58.5 Å². The van der Waals surface area contributed by atoms with Crippen LogP contribution < -0.4 is 10.2 Å². The van der Waals surface area contributed by atoms with E-state index >= 15 is 0 Å². The van der Waals surface area contributed by atoms with Gasteiger partial charge in [-0.2, -0.15) is 0 Å². The van der Waals surface area contributed by atoms with Gasteiger partial charge in [0.15, 0.2) is 0 Å². The lowest BCUT2D eigenvalue weighted by atomic mass is 9.95. The third-order valence-electron chi connectivity index (χ3n) is 6.49. The Kier molecular flexibility index (Phi) is 7.07. The SMILES string of the molecule is Cc1cc(/C=C/C(=O)NCc2ccnc(N3CCOCC3)c2)c(C)n1C1CCCCC1. The molecule has 166 valence electrons. The zero-order valence-electron chi connectivity index (χ0n) is 18.8. The average molecular weight is 423 g/mol. The first-order valence-corrected chi connectivity index (χ1v) is 11.5. The van der Waals surface area contributed by atoms with E-state index in [0.29, 0.717) is 12.6 Å². The molecular weight excluding hydrogens is 388 g/mol. The van der Waals surface area contributed by atoms with Gasteiger partial charge in [-0.15, -0.1) is 0 Å². The van der Waals surface area contributed by atoms with E-state index in [1.54, 1.807) is 6.08 Å². The predicted octanol–water partition coefficient (Wildman–Crippen LogP) is 4.17. The molecule has 0 atom stereocenters. The number of amides is 1. The quantitative estimate of drug-likeness (QED) is 0.710. The van der Waals surface area contributed by atoms with Gasteiger partial charge in [-0.25, -0.2) is 4.98 Å². The fourth-order valence-corrected chi connectivity index (χ4v) is 4.82. The molecule has 2 fully saturated rings. The van der Waals surface area contributed by atoms with Crippen LogP contribution in [0.5, 0.6) is 0 Å². The summed E-state index contributed by atoms with van der Waals surface area (Å²) in [6.07, 6.45) is 11.9. The monoisotopic (exact) mass is 422 g/mol. The molecule has 2 aromatic rings. The minimum Gasteiger partial charge on any atom is -0.378 e. The Bertz CT molecular complexity index is 922.